The van der Waals surface area contributed by atoms with E-state index >= 15 is 0 Å². The molecule has 1 heterocycles. The lowest BCUT2D eigenvalue weighted by Gasteiger charge is -2.30. The highest BCUT2D eigenvalue weighted by Gasteiger charge is 2.23. The van der Waals surface area contributed by atoms with Gasteiger partial charge in [-0.15, -0.1) is 0 Å². The van der Waals surface area contributed by atoms with Gasteiger partial charge in [-0.25, -0.2) is 0 Å². The van der Waals surface area contributed by atoms with E-state index in [1.807, 2.05) is 6.07 Å². The Bertz CT molecular complexity index is 609. The van der Waals surface area contributed by atoms with Crippen molar-refractivity contribution in [2.24, 2.45) is 0 Å². The highest BCUT2D eigenvalue weighted by molar-refractivity contribution is 5.84. The molecule has 21 heavy (non-hydrogen) atoms. The van der Waals surface area contributed by atoms with Gasteiger partial charge in [0.2, 0.25) is 0 Å². The third-order valence-electron chi connectivity index (χ3n) is 4.22. The number of rotatable bonds is 4. The zero-order valence-electron chi connectivity index (χ0n) is 12.8. The average Bonchev–Trinajstić information content (AvgIpc) is 2.54. The Morgan fingerprint density at radius 3 is 2.81 bits per heavy atom. The Balaban J connectivity index is 1.83. The molecule has 2 atom stereocenters. The fourth-order valence-electron chi connectivity index (χ4n) is 3.07. The molecule has 2 aromatic rings. The topological polar surface area (TPSA) is 30.5 Å². The van der Waals surface area contributed by atoms with Gasteiger partial charge in [0.15, 0.2) is 0 Å². The first-order valence-corrected chi connectivity index (χ1v) is 7.73. The van der Waals surface area contributed by atoms with Crippen molar-refractivity contribution < 1.29 is 9.47 Å². The molecule has 112 valence electrons. The van der Waals surface area contributed by atoms with Gasteiger partial charge in [0.25, 0.3) is 0 Å². The first kappa shape index (κ1) is 14.4. The second kappa shape index (κ2) is 6.46. The molecule has 0 aliphatic carbocycles. The van der Waals surface area contributed by atoms with Gasteiger partial charge >= 0.3 is 0 Å². The summed E-state index contributed by atoms with van der Waals surface area (Å²) < 4.78 is 11.2. The molecule has 1 N–H and O–H groups in total. The minimum Gasteiger partial charge on any atom is -0.497 e. The van der Waals surface area contributed by atoms with E-state index < -0.39 is 0 Å². The van der Waals surface area contributed by atoms with Crippen LogP contribution >= 0.6 is 0 Å². The monoisotopic (exact) mass is 285 g/mol. The Hall–Kier alpha value is -1.58. The summed E-state index contributed by atoms with van der Waals surface area (Å²) in [6.07, 6.45) is 2.36. The summed E-state index contributed by atoms with van der Waals surface area (Å²) in [7, 11) is 1.70. The van der Waals surface area contributed by atoms with E-state index in [2.05, 4.69) is 42.6 Å². The van der Waals surface area contributed by atoms with Crippen LogP contribution in [0.1, 0.15) is 31.4 Å². The summed E-state index contributed by atoms with van der Waals surface area (Å²) in [4.78, 5) is 0. The predicted molar refractivity (Wildman–Crippen MR) is 85.9 cm³/mol. The molecule has 1 aliphatic rings. The van der Waals surface area contributed by atoms with E-state index in [0.717, 1.165) is 31.7 Å². The van der Waals surface area contributed by atoms with Gasteiger partial charge in [0.1, 0.15) is 5.75 Å². The largest absolute Gasteiger partial charge is 0.497 e. The van der Waals surface area contributed by atoms with Gasteiger partial charge in [-0.05, 0) is 53.9 Å². The molecule has 0 bridgehead atoms. The first-order chi connectivity index (χ1) is 10.3. The van der Waals surface area contributed by atoms with Crippen LogP contribution in [0.5, 0.6) is 5.75 Å². The standard InChI is InChI=1S/C18H23NO2/c1-3-19-16-8-9-21-18(12-16)15-5-4-14-11-17(20-2)7-6-13(14)10-15/h4-7,10-11,16,18-19H,3,8-9,12H2,1-2H3. The maximum absolute atomic E-state index is 5.97. The minimum atomic E-state index is 0.203. The number of fused-ring (bicyclic) bond motifs is 1. The third-order valence-corrected chi connectivity index (χ3v) is 4.22. The molecule has 0 aromatic heterocycles. The summed E-state index contributed by atoms with van der Waals surface area (Å²) in [5.74, 6) is 0.899. The first-order valence-electron chi connectivity index (χ1n) is 7.73. The van der Waals surface area contributed by atoms with Crippen LogP contribution in [0.25, 0.3) is 10.8 Å². The normalized spacial score (nSPS) is 22.4. The van der Waals surface area contributed by atoms with E-state index in [0.29, 0.717) is 6.04 Å². The summed E-state index contributed by atoms with van der Waals surface area (Å²) in [6, 6.07) is 13.3. The van der Waals surface area contributed by atoms with Gasteiger partial charge in [0, 0.05) is 12.6 Å². The van der Waals surface area contributed by atoms with Gasteiger partial charge in [0.05, 0.1) is 13.2 Å². The van der Waals surface area contributed by atoms with Crippen LogP contribution in [0.2, 0.25) is 0 Å². The predicted octanol–water partition coefficient (Wildman–Crippen LogP) is 3.68. The van der Waals surface area contributed by atoms with Crippen LogP contribution in [0.15, 0.2) is 36.4 Å². The van der Waals surface area contributed by atoms with Crippen LogP contribution < -0.4 is 10.1 Å². The molecule has 3 nitrogen and oxygen atoms in total. The zero-order valence-corrected chi connectivity index (χ0v) is 12.8. The molecule has 0 radical (unpaired) electrons. The van der Waals surface area contributed by atoms with Crippen LogP contribution in [0.3, 0.4) is 0 Å². The number of hydrogen-bond acceptors (Lipinski definition) is 3. The lowest BCUT2D eigenvalue weighted by atomic mass is 9.95. The highest BCUT2D eigenvalue weighted by atomic mass is 16.5. The quantitative estimate of drug-likeness (QED) is 0.929. The maximum Gasteiger partial charge on any atom is 0.119 e. The molecule has 0 amide bonds. The summed E-state index contributed by atoms with van der Waals surface area (Å²) >= 11 is 0. The second-order valence-electron chi connectivity index (χ2n) is 5.61. The molecule has 3 heteroatoms. The fraction of sp³-hybridized carbons (Fsp3) is 0.444. The highest BCUT2D eigenvalue weighted by Crippen LogP contribution is 2.31. The van der Waals surface area contributed by atoms with Crippen LogP contribution in [0.4, 0.5) is 0 Å². The van der Waals surface area contributed by atoms with Crippen molar-refractivity contribution in [2.45, 2.75) is 31.9 Å². The molecule has 3 rings (SSSR count). The van der Waals surface area contributed by atoms with Gasteiger partial charge < -0.3 is 14.8 Å². The van der Waals surface area contributed by atoms with Crippen molar-refractivity contribution in [2.75, 3.05) is 20.3 Å². The maximum atomic E-state index is 5.97. The Labute approximate surface area is 126 Å². The SMILES string of the molecule is CCNC1CCOC(c2ccc3cc(OC)ccc3c2)C1. The molecule has 2 aromatic carbocycles. The molecule has 1 aliphatic heterocycles. The summed E-state index contributed by atoms with van der Waals surface area (Å²) in [5, 5.41) is 5.98. The molecule has 1 saturated heterocycles. The third kappa shape index (κ3) is 3.20. The molecular formula is C18H23NO2. The summed E-state index contributed by atoms with van der Waals surface area (Å²) in [6.45, 7) is 4.02. The second-order valence-corrected chi connectivity index (χ2v) is 5.61. The number of nitrogens with one attached hydrogen (secondary N) is 1. The molecule has 2 unspecified atom stereocenters. The van der Waals surface area contributed by atoms with Crippen molar-refractivity contribution in [3.63, 3.8) is 0 Å². The lowest BCUT2D eigenvalue weighted by Crippen LogP contribution is -2.35. The number of benzene rings is 2. The number of hydrogen-bond donors (Lipinski definition) is 1. The number of methoxy groups -OCH3 is 1. The smallest absolute Gasteiger partial charge is 0.119 e. The Kier molecular flexibility index (Phi) is 4.42. The van der Waals surface area contributed by atoms with Crippen molar-refractivity contribution in [1.29, 1.82) is 0 Å². The van der Waals surface area contributed by atoms with Crippen LogP contribution in [-0.2, 0) is 4.74 Å². The Morgan fingerprint density at radius 1 is 1.19 bits per heavy atom. The molecule has 0 spiro atoms. The van der Waals surface area contributed by atoms with Gasteiger partial charge in [-0.2, -0.15) is 0 Å². The van der Waals surface area contributed by atoms with E-state index in [-0.39, 0.29) is 6.10 Å². The van der Waals surface area contributed by atoms with Crippen molar-refractivity contribution in [3.8, 4) is 5.75 Å². The molecule has 0 saturated carbocycles. The zero-order chi connectivity index (χ0) is 14.7. The average molecular weight is 285 g/mol. The molecular weight excluding hydrogens is 262 g/mol. The van der Waals surface area contributed by atoms with E-state index in [9.17, 15) is 0 Å². The minimum absolute atomic E-state index is 0.203. The van der Waals surface area contributed by atoms with Crippen LogP contribution in [-0.4, -0.2) is 26.3 Å². The number of ether oxygens (including phenoxy) is 2. The van der Waals surface area contributed by atoms with Crippen molar-refractivity contribution in [1.82, 2.24) is 5.32 Å². The van der Waals surface area contributed by atoms with Gasteiger partial charge in [-0.3, -0.25) is 0 Å². The van der Waals surface area contributed by atoms with Gasteiger partial charge in [-0.1, -0.05) is 25.1 Å². The van der Waals surface area contributed by atoms with E-state index in [1.54, 1.807) is 7.11 Å². The Morgan fingerprint density at radius 2 is 2.00 bits per heavy atom. The van der Waals surface area contributed by atoms with Crippen LogP contribution in [0, 0.1) is 0 Å². The van der Waals surface area contributed by atoms with Crippen molar-refractivity contribution >= 4 is 10.8 Å². The fourth-order valence-corrected chi connectivity index (χ4v) is 3.07. The summed E-state index contributed by atoms with van der Waals surface area (Å²) in [5.41, 5.74) is 1.27. The lowest BCUT2D eigenvalue weighted by molar-refractivity contribution is 0.000668. The molecule has 1 fully saturated rings. The van der Waals surface area contributed by atoms with E-state index in [1.165, 1.54) is 16.3 Å². The van der Waals surface area contributed by atoms with Crippen molar-refractivity contribution in [3.05, 3.63) is 42.0 Å². The van der Waals surface area contributed by atoms with E-state index in [4.69, 9.17) is 9.47 Å².